The molecule has 2 aliphatic heterocycles. The lowest BCUT2D eigenvalue weighted by Gasteiger charge is -2.50. The standard InChI is InChI=1S/C15H24N2O3S/c1-21(18,19)17-9-3-2-6-15(17)7-10-16(11-8-15)13-14-5-4-12-20-14/h4-5,12H,2-3,6-11,13H2,1H3. The van der Waals surface area contributed by atoms with Crippen LogP contribution >= 0.6 is 0 Å². The second-order valence-corrected chi connectivity index (χ2v) is 8.28. The first-order chi connectivity index (χ1) is 10.00. The Morgan fingerprint density at radius 2 is 1.95 bits per heavy atom. The van der Waals surface area contributed by atoms with Gasteiger partial charge in [0.15, 0.2) is 0 Å². The maximum absolute atomic E-state index is 12.1. The van der Waals surface area contributed by atoms with E-state index in [4.69, 9.17) is 4.42 Å². The number of rotatable bonds is 3. The molecular formula is C15H24N2O3S. The first-order valence-corrected chi connectivity index (χ1v) is 9.57. The molecule has 21 heavy (non-hydrogen) atoms. The highest BCUT2D eigenvalue weighted by Gasteiger charge is 2.45. The van der Waals surface area contributed by atoms with Crippen LogP contribution in [0.3, 0.4) is 0 Å². The highest BCUT2D eigenvalue weighted by atomic mass is 32.2. The smallest absolute Gasteiger partial charge is 0.211 e. The summed E-state index contributed by atoms with van der Waals surface area (Å²) in [5, 5.41) is 0. The van der Waals surface area contributed by atoms with Crippen LogP contribution in [0.25, 0.3) is 0 Å². The molecule has 0 amide bonds. The van der Waals surface area contributed by atoms with Crippen LogP contribution in [0, 0.1) is 0 Å². The summed E-state index contributed by atoms with van der Waals surface area (Å²) in [6.45, 7) is 3.39. The lowest BCUT2D eigenvalue weighted by molar-refractivity contribution is 0.0436. The zero-order valence-electron chi connectivity index (χ0n) is 12.6. The third-order valence-corrected chi connectivity index (χ3v) is 6.30. The zero-order chi connectivity index (χ0) is 14.9. The van der Waals surface area contributed by atoms with Gasteiger partial charge in [-0.3, -0.25) is 4.90 Å². The number of furan rings is 1. The Bertz CT molecular complexity index is 560. The molecule has 6 heteroatoms. The molecule has 0 bridgehead atoms. The van der Waals surface area contributed by atoms with Gasteiger partial charge in [0, 0.05) is 25.2 Å². The number of piperidine rings is 2. The van der Waals surface area contributed by atoms with E-state index in [0.29, 0.717) is 6.54 Å². The monoisotopic (exact) mass is 312 g/mol. The second kappa shape index (κ2) is 5.74. The van der Waals surface area contributed by atoms with E-state index in [-0.39, 0.29) is 5.54 Å². The van der Waals surface area contributed by atoms with Crippen LogP contribution in [0.2, 0.25) is 0 Å². The van der Waals surface area contributed by atoms with Gasteiger partial charge in [-0.1, -0.05) is 6.42 Å². The summed E-state index contributed by atoms with van der Waals surface area (Å²) in [7, 11) is -3.11. The number of nitrogens with zero attached hydrogens (tertiary/aromatic N) is 2. The highest BCUT2D eigenvalue weighted by Crippen LogP contribution is 2.39. The lowest BCUT2D eigenvalue weighted by Crippen LogP contribution is -2.58. The van der Waals surface area contributed by atoms with Gasteiger partial charge in [0.2, 0.25) is 10.0 Å². The SMILES string of the molecule is CS(=O)(=O)N1CCCCC12CCN(Cc1ccco1)CC2. The minimum absolute atomic E-state index is 0.133. The Labute approximate surface area is 127 Å². The molecule has 3 rings (SSSR count). The minimum atomic E-state index is -3.11. The molecule has 0 aliphatic carbocycles. The van der Waals surface area contributed by atoms with Gasteiger partial charge >= 0.3 is 0 Å². The van der Waals surface area contributed by atoms with Crippen LogP contribution in [0.4, 0.5) is 0 Å². The first-order valence-electron chi connectivity index (χ1n) is 7.72. The van der Waals surface area contributed by atoms with Crippen molar-refractivity contribution in [3.05, 3.63) is 24.2 Å². The highest BCUT2D eigenvalue weighted by molar-refractivity contribution is 7.88. The van der Waals surface area contributed by atoms with Crippen molar-refractivity contribution >= 4 is 10.0 Å². The average Bonchev–Trinajstić information content (AvgIpc) is 2.94. The van der Waals surface area contributed by atoms with E-state index in [1.165, 1.54) is 6.26 Å². The van der Waals surface area contributed by atoms with E-state index >= 15 is 0 Å². The molecule has 2 aliphatic rings. The molecule has 2 saturated heterocycles. The molecule has 0 N–H and O–H groups in total. The Morgan fingerprint density at radius 3 is 2.57 bits per heavy atom. The maximum atomic E-state index is 12.1. The summed E-state index contributed by atoms with van der Waals surface area (Å²) in [5.41, 5.74) is -0.133. The van der Waals surface area contributed by atoms with Crippen LogP contribution in [0.5, 0.6) is 0 Å². The summed E-state index contributed by atoms with van der Waals surface area (Å²) in [6, 6.07) is 3.90. The summed E-state index contributed by atoms with van der Waals surface area (Å²) in [4.78, 5) is 2.36. The molecule has 0 atom stereocenters. The van der Waals surface area contributed by atoms with E-state index < -0.39 is 10.0 Å². The summed E-state index contributed by atoms with van der Waals surface area (Å²) in [5.74, 6) is 0.981. The maximum Gasteiger partial charge on any atom is 0.211 e. The van der Waals surface area contributed by atoms with Crippen LogP contribution in [0.15, 0.2) is 22.8 Å². The average molecular weight is 312 g/mol. The molecule has 3 heterocycles. The molecule has 2 fully saturated rings. The third kappa shape index (κ3) is 3.17. The van der Waals surface area contributed by atoms with Crippen LogP contribution in [-0.4, -0.2) is 49.1 Å². The van der Waals surface area contributed by atoms with Crippen molar-refractivity contribution in [3.63, 3.8) is 0 Å². The quantitative estimate of drug-likeness (QED) is 0.857. The molecule has 0 saturated carbocycles. The Kier molecular flexibility index (Phi) is 4.12. The van der Waals surface area contributed by atoms with E-state index in [9.17, 15) is 8.42 Å². The van der Waals surface area contributed by atoms with E-state index in [0.717, 1.165) is 57.5 Å². The van der Waals surface area contributed by atoms with Gasteiger partial charge in [-0.2, -0.15) is 4.31 Å². The Balaban J connectivity index is 1.67. The van der Waals surface area contributed by atoms with Gasteiger partial charge < -0.3 is 4.42 Å². The minimum Gasteiger partial charge on any atom is -0.468 e. The molecule has 5 nitrogen and oxygen atoms in total. The predicted octanol–water partition coefficient (Wildman–Crippen LogP) is 2.06. The van der Waals surface area contributed by atoms with Crippen molar-refractivity contribution < 1.29 is 12.8 Å². The topological polar surface area (TPSA) is 53.8 Å². The summed E-state index contributed by atoms with van der Waals surface area (Å²) in [6.07, 6.45) is 8.06. The van der Waals surface area contributed by atoms with Crippen molar-refractivity contribution in [3.8, 4) is 0 Å². The number of hydrogen-bond acceptors (Lipinski definition) is 4. The van der Waals surface area contributed by atoms with Gasteiger partial charge in [-0.15, -0.1) is 0 Å². The molecule has 0 aromatic carbocycles. The lowest BCUT2D eigenvalue weighted by atomic mass is 9.80. The van der Waals surface area contributed by atoms with Crippen molar-refractivity contribution in [2.45, 2.75) is 44.2 Å². The fourth-order valence-corrected chi connectivity index (χ4v) is 5.28. The molecular weight excluding hydrogens is 288 g/mol. The fraction of sp³-hybridized carbons (Fsp3) is 0.733. The molecule has 1 aromatic heterocycles. The molecule has 0 unspecified atom stereocenters. The van der Waals surface area contributed by atoms with E-state index in [1.807, 2.05) is 12.1 Å². The molecule has 118 valence electrons. The second-order valence-electron chi connectivity index (χ2n) is 6.37. The number of likely N-dealkylation sites (tertiary alicyclic amines) is 1. The summed E-state index contributed by atoms with van der Waals surface area (Å²) >= 11 is 0. The van der Waals surface area contributed by atoms with Crippen molar-refractivity contribution in [2.75, 3.05) is 25.9 Å². The molecule has 0 radical (unpaired) electrons. The Hall–Kier alpha value is -0.850. The van der Waals surface area contributed by atoms with E-state index in [2.05, 4.69) is 4.90 Å². The third-order valence-electron chi connectivity index (χ3n) is 4.93. The van der Waals surface area contributed by atoms with Crippen LogP contribution in [-0.2, 0) is 16.6 Å². The van der Waals surface area contributed by atoms with Gasteiger partial charge in [0.1, 0.15) is 5.76 Å². The molecule has 1 spiro atoms. The number of sulfonamides is 1. The van der Waals surface area contributed by atoms with Crippen LogP contribution < -0.4 is 0 Å². The predicted molar refractivity (Wildman–Crippen MR) is 81.4 cm³/mol. The van der Waals surface area contributed by atoms with Crippen molar-refractivity contribution in [2.24, 2.45) is 0 Å². The van der Waals surface area contributed by atoms with Gasteiger partial charge in [-0.25, -0.2) is 8.42 Å². The number of hydrogen-bond donors (Lipinski definition) is 0. The van der Waals surface area contributed by atoms with Gasteiger partial charge in [0.05, 0.1) is 19.1 Å². The van der Waals surface area contributed by atoms with E-state index in [1.54, 1.807) is 10.6 Å². The van der Waals surface area contributed by atoms with Gasteiger partial charge in [-0.05, 0) is 37.8 Å². The van der Waals surface area contributed by atoms with Gasteiger partial charge in [0.25, 0.3) is 0 Å². The van der Waals surface area contributed by atoms with Crippen molar-refractivity contribution in [1.29, 1.82) is 0 Å². The van der Waals surface area contributed by atoms with Crippen molar-refractivity contribution in [1.82, 2.24) is 9.21 Å². The first kappa shape index (κ1) is 15.1. The fourth-order valence-electron chi connectivity index (χ4n) is 3.84. The summed E-state index contributed by atoms with van der Waals surface area (Å²) < 4.78 is 31.4. The largest absolute Gasteiger partial charge is 0.468 e. The van der Waals surface area contributed by atoms with Crippen LogP contribution in [0.1, 0.15) is 37.9 Å². The normalized spacial score (nSPS) is 24.4. The Morgan fingerprint density at radius 1 is 1.19 bits per heavy atom. The zero-order valence-corrected chi connectivity index (χ0v) is 13.4. The molecule has 1 aromatic rings.